The molecule has 190 valence electrons. The van der Waals surface area contributed by atoms with Crippen molar-refractivity contribution >= 4 is 23.3 Å². The van der Waals surface area contributed by atoms with Gasteiger partial charge in [0.05, 0.1) is 5.56 Å². The van der Waals surface area contributed by atoms with Gasteiger partial charge in [0.2, 0.25) is 0 Å². The largest absolute Gasteiger partial charge is 0.457 e. The van der Waals surface area contributed by atoms with Crippen LogP contribution in [0.2, 0.25) is 5.02 Å². The van der Waals surface area contributed by atoms with E-state index in [4.69, 9.17) is 16.3 Å². The Morgan fingerprint density at radius 1 is 0.789 bits per heavy atom. The lowest BCUT2D eigenvalue weighted by Crippen LogP contribution is -2.19. The number of rotatable bonds is 5. The van der Waals surface area contributed by atoms with E-state index < -0.39 is 17.8 Å². The zero-order valence-corrected chi connectivity index (χ0v) is 20.4. The van der Waals surface area contributed by atoms with Crippen LogP contribution in [0.25, 0.3) is 22.4 Å². The van der Waals surface area contributed by atoms with Crippen LogP contribution in [0.15, 0.2) is 109 Å². The summed E-state index contributed by atoms with van der Waals surface area (Å²) < 4.78 is 45.1. The van der Waals surface area contributed by atoms with Gasteiger partial charge in [-0.3, -0.25) is 0 Å². The summed E-state index contributed by atoms with van der Waals surface area (Å²) in [5.41, 5.74) is 2.85. The Morgan fingerprint density at radius 3 is 2.00 bits per heavy atom. The first-order chi connectivity index (χ1) is 18.3. The zero-order chi connectivity index (χ0) is 26.7. The van der Waals surface area contributed by atoms with Crippen LogP contribution in [0.4, 0.5) is 23.7 Å². The highest BCUT2D eigenvalue weighted by Crippen LogP contribution is 2.33. The number of aromatic nitrogens is 2. The number of anilines is 1. The summed E-state index contributed by atoms with van der Waals surface area (Å²) in [7, 11) is 0. The summed E-state index contributed by atoms with van der Waals surface area (Å²) in [5.74, 6) is 0.660. The second kappa shape index (κ2) is 10.4. The highest BCUT2D eigenvalue weighted by atomic mass is 35.5. The van der Waals surface area contributed by atoms with E-state index in [9.17, 15) is 18.0 Å². The van der Waals surface area contributed by atoms with Crippen LogP contribution in [0, 0.1) is 0 Å². The number of hydrogen-bond acceptors (Lipinski definition) is 3. The molecule has 4 aromatic carbocycles. The number of carbonyl (C=O) groups is 1. The molecule has 0 saturated carbocycles. The van der Waals surface area contributed by atoms with Gasteiger partial charge in [0.15, 0.2) is 0 Å². The number of alkyl halides is 3. The molecule has 0 fully saturated rings. The standard InChI is InChI=1S/C29H19ClF3N3O2/c30-22-10-6-20(7-11-22)27-26(19-4-2-1-3-5-19)18-36(35-27)28(37)34-23-12-16-25(17-13-23)38-24-14-8-21(9-15-24)29(31,32)33/h1-18H,(H,34,37). The average molecular weight is 534 g/mol. The number of ether oxygens (including phenoxy) is 1. The molecule has 1 aromatic heterocycles. The molecule has 38 heavy (non-hydrogen) atoms. The van der Waals surface area contributed by atoms with Gasteiger partial charge in [0.25, 0.3) is 0 Å². The van der Waals surface area contributed by atoms with Crippen LogP contribution < -0.4 is 10.1 Å². The molecule has 9 heteroatoms. The fourth-order valence-electron chi connectivity index (χ4n) is 3.76. The summed E-state index contributed by atoms with van der Waals surface area (Å²) in [4.78, 5) is 13.0. The average Bonchev–Trinajstić information content (AvgIpc) is 3.36. The van der Waals surface area contributed by atoms with Gasteiger partial charge in [0.1, 0.15) is 17.2 Å². The van der Waals surface area contributed by atoms with Gasteiger partial charge in [0, 0.05) is 28.0 Å². The maximum atomic E-state index is 13.0. The molecule has 1 N–H and O–H groups in total. The fraction of sp³-hybridized carbons (Fsp3) is 0.0345. The SMILES string of the molecule is O=C(Nc1ccc(Oc2ccc(C(F)(F)F)cc2)cc1)n1cc(-c2ccccc2)c(-c2ccc(Cl)cc2)n1. The van der Waals surface area contributed by atoms with Crippen molar-refractivity contribution in [2.45, 2.75) is 6.18 Å². The third-order valence-corrected chi connectivity index (χ3v) is 5.90. The summed E-state index contributed by atoms with van der Waals surface area (Å²) >= 11 is 6.04. The van der Waals surface area contributed by atoms with Gasteiger partial charge in [-0.15, -0.1) is 0 Å². The maximum absolute atomic E-state index is 13.0. The molecule has 5 rings (SSSR count). The van der Waals surface area contributed by atoms with Crippen LogP contribution in [-0.2, 0) is 6.18 Å². The van der Waals surface area contributed by atoms with Crippen molar-refractivity contribution in [1.29, 1.82) is 0 Å². The molecule has 1 heterocycles. The lowest BCUT2D eigenvalue weighted by molar-refractivity contribution is -0.137. The first-order valence-electron chi connectivity index (χ1n) is 11.4. The third kappa shape index (κ3) is 5.71. The number of benzene rings is 4. The van der Waals surface area contributed by atoms with E-state index in [1.807, 2.05) is 42.5 Å². The van der Waals surface area contributed by atoms with Gasteiger partial charge < -0.3 is 10.1 Å². The van der Waals surface area contributed by atoms with Crippen molar-refractivity contribution in [2.24, 2.45) is 0 Å². The number of hydrogen-bond donors (Lipinski definition) is 1. The van der Waals surface area contributed by atoms with Gasteiger partial charge in [-0.05, 0) is 66.2 Å². The predicted molar refractivity (Wildman–Crippen MR) is 140 cm³/mol. The number of carbonyl (C=O) groups excluding carboxylic acids is 1. The van der Waals surface area contributed by atoms with Crippen molar-refractivity contribution < 1.29 is 22.7 Å². The highest BCUT2D eigenvalue weighted by Gasteiger charge is 2.30. The smallest absolute Gasteiger partial charge is 0.416 e. The van der Waals surface area contributed by atoms with Crippen molar-refractivity contribution in [3.63, 3.8) is 0 Å². The minimum Gasteiger partial charge on any atom is -0.457 e. The number of nitrogens with zero attached hydrogens (tertiary/aromatic N) is 2. The molecule has 0 aliphatic rings. The van der Waals surface area contributed by atoms with Crippen LogP contribution in [0.3, 0.4) is 0 Å². The molecule has 0 spiro atoms. The Bertz CT molecular complexity index is 1550. The van der Waals surface area contributed by atoms with Crippen molar-refractivity contribution in [2.75, 3.05) is 5.32 Å². The van der Waals surface area contributed by atoms with Gasteiger partial charge in [-0.1, -0.05) is 54.1 Å². The Morgan fingerprint density at radius 2 is 1.39 bits per heavy atom. The molecule has 0 unspecified atom stereocenters. The minimum atomic E-state index is -4.41. The second-order valence-corrected chi connectivity index (χ2v) is 8.72. The highest BCUT2D eigenvalue weighted by molar-refractivity contribution is 6.30. The molecular weight excluding hydrogens is 515 g/mol. The van der Waals surface area contributed by atoms with Crippen molar-refractivity contribution in [1.82, 2.24) is 9.78 Å². The Labute approximate surface area is 221 Å². The summed E-state index contributed by atoms with van der Waals surface area (Å²) in [6, 6.07) is 27.2. The van der Waals surface area contributed by atoms with Crippen molar-refractivity contribution in [3.05, 3.63) is 120 Å². The third-order valence-electron chi connectivity index (χ3n) is 5.65. The maximum Gasteiger partial charge on any atom is 0.416 e. The minimum absolute atomic E-state index is 0.259. The Balaban J connectivity index is 1.33. The second-order valence-electron chi connectivity index (χ2n) is 8.29. The normalized spacial score (nSPS) is 11.3. The summed E-state index contributed by atoms with van der Waals surface area (Å²) in [6.45, 7) is 0. The first kappa shape index (κ1) is 25.1. The van der Waals surface area contributed by atoms with E-state index in [1.54, 1.807) is 42.6 Å². The molecule has 0 bridgehead atoms. The summed E-state index contributed by atoms with van der Waals surface area (Å²) in [6.07, 6.45) is -2.75. The first-order valence-corrected chi connectivity index (χ1v) is 11.8. The van der Waals surface area contributed by atoms with E-state index in [2.05, 4.69) is 10.4 Å². The topological polar surface area (TPSA) is 56.1 Å². The van der Waals surface area contributed by atoms with Crippen LogP contribution >= 0.6 is 11.6 Å². The van der Waals surface area contributed by atoms with Crippen molar-refractivity contribution in [3.8, 4) is 33.9 Å². The molecule has 0 aliphatic carbocycles. The number of nitrogens with one attached hydrogen (secondary N) is 1. The Kier molecular flexibility index (Phi) is 6.89. The van der Waals surface area contributed by atoms with Crippen LogP contribution in [0.5, 0.6) is 11.5 Å². The molecular formula is C29H19ClF3N3O2. The van der Waals surface area contributed by atoms with E-state index in [0.29, 0.717) is 22.2 Å². The van der Waals surface area contributed by atoms with Gasteiger partial charge >= 0.3 is 12.2 Å². The number of halogens is 4. The predicted octanol–water partition coefficient (Wildman–Crippen LogP) is 8.76. The molecule has 0 atom stereocenters. The molecule has 1 amide bonds. The molecule has 0 aliphatic heterocycles. The van der Waals surface area contributed by atoms with Crippen LogP contribution in [-0.4, -0.2) is 15.8 Å². The van der Waals surface area contributed by atoms with Gasteiger partial charge in [-0.25, -0.2) is 4.79 Å². The fourth-order valence-corrected chi connectivity index (χ4v) is 3.89. The molecule has 0 saturated heterocycles. The monoisotopic (exact) mass is 533 g/mol. The van der Waals surface area contributed by atoms with Crippen LogP contribution in [0.1, 0.15) is 5.56 Å². The lowest BCUT2D eigenvalue weighted by Gasteiger charge is -2.10. The molecule has 5 nitrogen and oxygen atoms in total. The number of amides is 1. The lowest BCUT2D eigenvalue weighted by atomic mass is 10.0. The van der Waals surface area contributed by atoms with E-state index in [-0.39, 0.29) is 5.75 Å². The summed E-state index contributed by atoms with van der Waals surface area (Å²) in [5, 5.41) is 7.92. The van der Waals surface area contributed by atoms with E-state index >= 15 is 0 Å². The quantitative estimate of drug-likeness (QED) is 0.246. The van der Waals surface area contributed by atoms with E-state index in [1.165, 1.54) is 16.8 Å². The Hall–Kier alpha value is -4.56. The zero-order valence-electron chi connectivity index (χ0n) is 19.6. The van der Waals surface area contributed by atoms with E-state index in [0.717, 1.165) is 28.8 Å². The molecule has 5 aromatic rings. The van der Waals surface area contributed by atoms with Gasteiger partial charge in [-0.2, -0.15) is 23.0 Å². The molecule has 0 radical (unpaired) electrons.